The highest BCUT2D eigenvalue weighted by atomic mass is 16.2. The summed E-state index contributed by atoms with van der Waals surface area (Å²) >= 11 is 0. The molecule has 2 rings (SSSR count). The zero-order valence-corrected chi connectivity index (χ0v) is 12.0. The van der Waals surface area contributed by atoms with E-state index in [1.54, 1.807) is 0 Å². The van der Waals surface area contributed by atoms with Crippen LogP contribution in [0.25, 0.3) is 0 Å². The zero-order chi connectivity index (χ0) is 13.5. The average Bonchev–Trinajstić information content (AvgIpc) is 2.49. The predicted octanol–water partition coefficient (Wildman–Crippen LogP) is 3.80. The van der Waals surface area contributed by atoms with Crippen LogP contribution in [0.5, 0.6) is 0 Å². The van der Waals surface area contributed by atoms with Crippen LogP contribution in [0.2, 0.25) is 0 Å². The maximum Gasteiger partial charge on any atom is 0.222 e. The Morgan fingerprint density at radius 1 is 1.16 bits per heavy atom. The molecule has 0 heterocycles. The Hall–Kier alpha value is -1.31. The largest absolute Gasteiger partial charge is 0.339 e. The quantitative estimate of drug-likeness (QED) is 0.787. The molecular weight excluding hydrogens is 234 g/mol. The summed E-state index contributed by atoms with van der Waals surface area (Å²) in [6.07, 6.45) is 7.89. The molecule has 19 heavy (non-hydrogen) atoms. The van der Waals surface area contributed by atoms with Crippen molar-refractivity contribution in [2.24, 2.45) is 0 Å². The SMILES string of the molecule is CCC(=O)N(CCc1ccccc1)C1CCCCC1. The van der Waals surface area contributed by atoms with Crippen LogP contribution in [0.1, 0.15) is 51.0 Å². The van der Waals surface area contributed by atoms with Crippen molar-refractivity contribution in [2.75, 3.05) is 6.54 Å². The summed E-state index contributed by atoms with van der Waals surface area (Å²) in [4.78, 5) is 14.3. The highest BCUT2D eigenvalue weighted by Gasteiger charge is 2.23. The van der Waals surface area contributed by atoms with Gasteiger partial charge in [-0.1, -0.05) is 56.5 Å². The van der Waals surface area contributed by atoms with Gasteiger partial charge in [0.2, 0.25) is 5.91 Å². The van der Waals surface area contributed by atoms with Gasteiger partial charge in [0.05, 0.1) is 0 Å². The first-order chi connectivity index (χ1) is 9.31. The molecule has 1 amide bonds. The normalized spacial score (nSPS) is 16.3. The molecule has 104 valence electrons. The van der Waals surface area contributed by atoms with Crippen molar-refractivity contribution in [2.45, 2.75) is 57.9 Å². The third-order valence-electron chi connectivity index (χ3n) is 4.12. The van der Waals surface area contributed by atoms with Crippen molar-refractivity contribution in [3.63, 3.8) is 0 Å². The molecule has 0 radical (unpaired) electrons. The lowest BCUT2D eigenvalue weighted by atomic mass is 9.93. The fraction of sp³-hybridized carbons (Fsp3) is 0.588. The molecule has 2 heteroatoms. The summed E-state index contributed by atoms with van der Waals surface area (Å²) in [7, 11) is 0. The number of benzene rings is 1. The number of carbonyl (C=O) groups excluding carboxylic acids is 1. The second-order valence-corrected chi connectivity index (χ2v) is 5.47. The number of nitrogens with zero attached hydrogens (tertiary/aromatic N) is 1. The van der Waals surface area contributed by atoms with E-state index in [9.17, 15) is 4.79 Å². The van der Waals surface area contributed by atoms with Crippen LogP contribution < -0.4 is 0 Å². The van der Waals surface area contributed by atoms with E-state index in [1.165, 1.54) is 37.7 Å². The van der Waals surface area contributed by atoms with Gasteiger partial charge in [-0.2, -0.15) is 0 Å². The molecule has 1 aliphatic carbocycles. The summed E-state index contributed by atoms with van der Waals surface area (Å²) in [5, 5.41) is 0. The molecule has 1 saturated carbocycles. The van der Waals surface area contributed by atoms with Crippen molar-refractivity contribution in [1.29, 1.82) is 0 Å². The van der Waals surface area contributed by atoms with Crippen molar-refractivity contribution < 1.29 is 4.79 Å². The number of amides is 1. The number of hydrogen-bond donors (Lipinski definition) is 0. The van der Waals surface area contributed by atoms with Crippen LogP contribution in [0.3, 0.4) is 0 Å². The second kappa shape index (κ2) is 7.32. The highest BCUT2D eigenvalue weighted by Crippen LogP contribution is 2.23. The first-order valence-corrected chi connectivity index (χ1v) is 7.64. The Balaban J connectivity index is 1.95. The van der Waals surface area contributed by atoms with Gasteiger partial charge in [0.1, 0.15) is 0 Å². The Bertz CT molecular complexity index is 382. The van der Waals surface area contributed by atoms with Crippen LogP contribution >= 0.6 is 0 Å². The summed E-state index contributed by atoms with van der Waals surface area (Å²) in [6, 6.07) is 11.0. The van der Waals surface area contributed by atoms with Gasteiger partial charge >= 0.3 is 0 Å². The number of carbonyl (C=O) groups is 1. The summed E-state index contributed by atoms with van der Waals surface area (Å²) in [6.45, 7) is 2.85. The zero-order valence-electron chi connectivity index (χ0n) is 12.0. The fourth-order valence-corrected chi connectivity index (χ4v) is 3.00. The Labute approximate surface area is 116 Å². The van der Waals surface area contributed by atoms with Gasteiger partial charge in [0.25, 0.3) is 0 Å². The van der Waals surface area contributed by atoms with E-state index in [-0.39, 0.29) is 0 Å². The molecule has 0 unspecified atom stereocenters. The van der Waals surface area contributed by atoms with Crippen molar-refractivity contribution in [3.05, 3.63) is 35.9 Å². The molecule has 0 spiro atoms. The number of rotatable bonds is 5. The minimum Gasteiger partial charge on any atom is -0.339 e. The molecule has 0 bridgehead atoms. The van der Waals surface area contributed by atoms with Gasteiger partial charge in [-0.15, -0.1) is 0 Å². The topological polar surface area (TPSA) is 20.3 Å². The smallest absolute Gasteiger partial charge is 0.222 e. The summed E-state index contributed by atoms with van der Waals surface area (Å²) in [5.41, 5.74) is 1.33. The van der Waals surface area contributed by atoms with Crippen LogP contribution in [0.4, 0.5) is 0 Å². The van der Waals surface area contributed by atoms with Crippen molar-refractivity contribution >= 4 is 5.91 Å². The first kappa shape index (κ1) is 14.1. The average molecular weight is 259 g/mol. The maximum absolute atomic E-state index is 12.2. The van der Waals surface area contributed by atoms with Crippen LogP contribution in [0.15, 0.2) is 30.3 Å². The van der Waals surface area contributed by atoms with Gasteiger partial charge in [-0.3, -0.25) is 4.79 Å². The number of hydrogen-bond acceptors (Lipinski definition) is 1. The third-order valence-corrected chi connectivity index (χ3v) is 4.12. The Morgan fingerprint density at radius 3 is 2.47 bits per heavy atom. The molecule has 0 saturated heterocycles. The lowest BCUT2D eigenvalue weighted by Gasteiger charge is -2.34. The van der Waals surface area contributed by atoms with E-state index in [4.69, 9.17) is 0 Å². The van der Waals surface area contributed by atoms with E-state index in [1.807, 2.05) is 13.0 Å². The summed E-state index contributed by atoms with van der Waals surface area (Å²) in [5.74, 6) is 0.322. The van der Waals surface area contributed by atoms with Gasteiger partial charge in [0, 0.05) is 19.0 Å². The lowest BCUT2D eigenvalue weighted by molar-refractivity contribution is -0.133. The standard InChI is InChI=1S/C17H25NO/c1-2-17(19)18(16-11-7-4-8-12-16)14-13-15-9-5-3-6-10-15/h3,5-6,9-10,16H,2,4,7-8,11-14H2,1H3. The van der Waals surface area contributed by atoms with Gasteiger partial charge < -0.3 is 4.90 Å². The summed E-state index contributed by atoms with van der Waals surface area (Å²) < 4.78 is 0. The van der Waals surface area contributed by atoms with Crippen LogP contribution in [-0.2, 0) is 11.2 Å². The minimum atomic E-state index is 0.322. The molecule has 2 nitrogen and oxygen atoms in total. The van der Waals surface area contributed by atoms with E-state index in [2.05, 4.69) is 29.2 Å². The Kier molecular flexibility index (Phi) is 5.44. The van der Waals surface area contributed by atoms with Crippen LogP contribution in [-0.4, -0.2) is 23.4 Å². The van der Waals surface area contributed by atoms with E-state index in [0.29, 0.717) is 18.4 Å². The van der Waals surface area contributed by atoms with E-state index >= 15 is 0 Å². The Morgan fingerprint density at radius 2 is 1.84 bits per heavy atom. The molecule has 0 N–H and O–H groups in total. The van der Waals surface area contributed by atoms with Crippen molar-refractivity contribution in [3.8, 4) is 0 Å². The molecule has 0 atom stereocenters. The monoisotopic (exact) mass is 259 g/mol. The van der Waals surface area contributed by atoms with Gasteiger partial charge in [0.15, 0.2) is 0 Å². The molecule has 1 fully saturated rings. The lowest BCUT2D eigenvalue weighted by Crippen LogP contribution is -2.42. The van der Waals surface area contributed by atoms with E-state index < -0.39 is 0 Å². The highest BCUT2D eigenvalue weighted by molar-refractivity contribution is 5.76. The molecule has 1 aliphatic rings. The third kappa shape index (κ3) is 4.09. The maximum atomic E-state index is 12.2. The first-order valence-electron chi connectivity index (χ1n) is 7.64. The van der Waals surface area contributed by atoms with Crippen molar-refractivity contribution in [1.82, 2.24) is 4.90 Å². The predicted molar refractivity (Wildman–Crippen MR) is 79.0 cm³/mol. The molecular formula is C17H25NO. The second-order valence-electron chi connectivity index (χ2n) is 5.47. The molecule has 1 aromatic rings. The van der Waals surface area contributed by atoms with Gasteiger partial charge in [-0.25, -0.2) is 0 Å². The molecule has 0 aromatic heterocycles. The van der Waals surface area contributed by atoms with Gasteiger partial charge in [-0.05, 0) is 24.8 Å². The van der Waals surface area contributed by atoms with E-state index in [0.717, 1.165) is 13.0 Å². The fourth-order valence-electron chi connectivity index (χ4n) is 3.00. The minimum absolute atomic E-state index is 0.322. The molecule has 0 aliphatic heterocycles. The molecule has 1 aromatic carbocycles. The van der Waals surface area contributed by atoms with Crippen LogP contribution in [0, 0.1) is 0 Å².